The summed E-state index contributed by atoms with van der Waals surface area (Å²) >= 11 is 1.69. The van der Waals surface area contributed by atoms with Crippen LogP contribution in [0.1, 0.15) is 22.2 Å². The van der Waals surface area contributed by atoms with Crippen molar-refractivity contribution >= 4 is 17.0 Å². The molecule has 0 fully saturated rings. The molecule has 0 saturated heterocycles. The second-order valence-electron chi connectivity index (χ2n) is 4.58. The molecule has 2 nitrogen and oxygen atoms in total. The molecule has 1 aromatic carbocycles. The van der Waals surface area contributed by atoms with Crippen molar-refractivity contribution in [1.29, 1.82) is 0 Å². The van der Waals surface area contributed by atoms with E-state index in [9.17, 15) is 0 Å². The van der Waals surface area contributed by atoms with Crippen molar-refractivity contribution in [2.75, 3.05) is 18.1 Å². The number of benzene rings is 1. The number of nitrogens with zero attached hydrogens (tertiary/aromatic N) is 1. The summed E-state index contributed by atoms with van der Waals surface area (Å²) in [4.78, 5) is 4.65. The third kappa shape index (κ3) is 3.86. The second-order valence-corrected chi connectivity index (χ2v) is 5.75. The van der Waals surface area contributed by atoms with E-state index >= 15 is 0 Å². The van der Waals surface area contributed by atoms with Crippen LogP contribution in [0.5, 0.6) is 0 Å². The minimum Gasteiger partial charge on any atom is -0.384 e. The van der Waals surface area contributed by atoms with E-state index < -0.39 is 0 Å². The Kier molecular flexibility index (Phi) is 5.23. The molecule has 0 amide bonds. The number of rotatable bonds is 4. The average molecular weight is 285 g/mol. The predicted molar refractivity (Wildman–Crippen MR) is 86.2 cm³/mol. The van der Waals surface area contributed by atoms with Crippen molar-refractivity contribution in [2.45, 2.75) is 20.4 Å². The molecule has 0 aliphatic carbocycles. The third-order valence-corrected chi connectivity index (χ3v) is 4.03. The largest absolute Gasteiger partial charge is 0.384 e. The Morgan fingerprint density at radius 3 is 2.80 bits per heavy atom. The maximum Gasteiger partial charge on any atom is 0.104 e. The van der Waals surface area contributed by atoms with Gasteiger partial charge in [-0.1, -0.05) is 24.0 Å². The van der Waals surface area contributed by atoms with Crippen LogP contribution in [-0.2, 0) is 6.54 Å². The summed E-state index contributed by atoms with van der Waals surface area (Å²) in [5.74, 6) is 5.64. The Labute approximate surface area is 124 Å². The molecule has 0 aliphatic rings. The first-order valence-electron chi connectivity index (χ1n) is 6.73. The Morgan fingerprint density at radius 1 is 1.25 bits per heavy atom. The van der Waals surface area contributed by atoms with E-state index in [0.717, 1.165) is 18.0 Å². The first-order valence-corrected chi connectivity index (χ1v) is 7.54. The van der Waals surface area contributed by atoms with E-state index in [0.29, 0.717) is 0 Å². The number of aliphatic hydroxyl groups is 1. The zero-order valence-corrected chi connectivity index (χ0v) is 12.7. The van der Waals surface area contributed by atoms with E-state index in [1.54, 1.807) is 11.3 Å². The smallest absolute Gasteiger partial charge is 0.104 e. The van der Waals surface area contributed by atoms with Gasteiger partial charge in [-0.15, -0.1) is 11.3 Å². The standard InChI is InChI=1S/C17H19NOS/c1-3-18(15-7-4-6-14(2)12-15)13-17-10-9-16(20-17)8-5-11-19/h4,6-7,9-10,12,19H,3,11,13H2,1-2H3. The van der Waals surface area contributed by atoms with E-state index in [1.807, 2.05) is 6.07 Å². The van der Waals surface area contributed by atoms with Gasteiger partial charge in [0.2, 0.25) is 0 Å². The molecule has 1 heterocycles. The van der Waals surface area contributed by atoms with Crippen molar-refractivity contribution in [3.05, 3.63) is 51.7 Å². The maximum atomic E-state index is 8.72. The molecule has 0 saturated carbocycles. The van der Waals surface area contributed by atoms with Crippen LogP contribution < -0.4 is 4.90 Å². The number of thiophene rings is 1. The van der Waals surface area contributed by atoms with Gasteiger partial charge in [0.1, 0.15) is 6.61 Å². The van der Waals surface area contributed by atoms with Gasteiger partial charge in [0.15, 0.2) is 0 Å². The molecule has 1 N–H and O–H groups in total. The highest BCUT2D eigenvalue weighted by molar-refractivity contribution is 7.12. The highest BCUT2D eigenvalue weighted by Gasteiger charge is 2.07. The molecule has 20 heavy (non-hydrogen) atoms. The minimum atomic E-state index is -0.0857. The number of hydrogen-bond donors (Lipinski definition) is 1. The van der Waals surface area contributed by atoms with Crippen molar-refractivity contribution in [3.8, 4) is 11.8 Å². The van der Waals surface area contributed by atoms with Crippen LogP contribution in [0, 0.1) is 18.8 Å². The molecule has 0 radical (unpaired) electrons. The van der Waals surface area contributed by atoms with Crippen LogP contribution in [0.3, 0.4) is 0 Å². The van der Waals surface area contributed by atoms with Crippen LogP contribution in [0.2, 0.25) is 0 Å². The lowest BCUT2D eigenvalue weighted by atomic mass is 10.2. The normalized spacial score (nSPS) is 9.95. The Balaban J connectivity index is 2.12. The second kappa shape index (κ2) is 7.14. The van der Waals surface area contributed by atoms with Gasteiger partial charge in [-0.2, -0.15) is 0 Å². The van der Waals surface area contributed by atoms with Gasteiger partial charge in [0.25, 0.3) is 0 Å². The van der Waals surface area contributed by atoms with Crippen LogP contribution >= 0.6 is 11.3 Å². The zero-order chi connectivity index (χ0) is 14.4. The first-order chi connectivity index (χ1) is 9.72. The van der Waals surface area contributed by atoms with Crippen LogP contribution in [0.4, 0.5) is 5.69 Å². The van der Waals surface area contributed by atoms with Gasteiger partial charge in [-0.25, -0.2) is 0 Å². The Hall–Kier alpha value is -1.76. The minimum absolute atomic E-state index is 0.0857. The fraction of sp³-hybridized carbons (Fsp3) is 0.294. The topological polar surface area (TPSA) is 23.5 Å². The van der Waals surface area contributed by atoms with Gasteiger partial charge in [-0.05, 0) is 43.7 Å². The highest BCUT2D eigenvalue weighted by atomic mass is 32.1. The van der Waals surface area contributed by atoms with Gasteiger partial charge >= 0.3 is 0 Å². The van der Waals surface area contributed by atoms with Crippen LogP contribution in [0.25, 0.3) is 0 Å². The van der Waals surface area contributed by atoms with E-state index in [2.05, 4.69) is 60.9 Å². The fourth-order valence-electron chi connectivity index (χ4n) is 2.06. The Morgan fingerprint density at radius 2 is 2.10 bits per heavy atom. The summed E-state index contributed by atoms with van der Waals surface area (Å²) in [5, 5.41) is 8.72. The van der Waals surface area contributed by atoms with E-state index in [1.165, 1.54) is 16.1 Å². The monoisotopic (exact) mass is 285 g/mol. The summed E-state index contributed by atoms with van der Waals surface area (Å²) in [7, 11) is 0. The van der Waals surface area contributed by atoms with Crippen LogP contribution in [0.15, 0.2) is 36.4 Å². The van der Waals surface area contributed by atoms with Gasteiger partial charge in [-0.3, -0.25) is 0 Å². The molecule has 0 atom stereocenters. The van der Waals surface area contributed by atoms with Crippen LogP contribution in [-0.4, -0.2) is 18.3 Å². The highest BCUT2D eigenvalue weighted by Crippen LogP contribution is 2.22. The lowest BCUT2D eigenvalue weighted by Crippen LogP contribution is -2.21. The maximum absolute atomic E-state index is 8.72. The summed E-state index contributed by atoms with van der Waals surface area (Å²) in [6.07, 6.45) is 0. The number of anilines is 1. The summed E-state index contributed by atoms with van der Waals surface area (Å²) in [5.41, 5.74) is 2.53. The molecule has 1 aromatic heterocycles. The summed E-state index contributed by atoms with van der Waals surface area (Å²) in [6.45, 7) is 6.07. The summed E-state index contributed by atoms with van der Waals surface area (Å²) in [6, 6.07) is 12.7. The molecule has 3 heteroatoms. The third-order valence-electron chi connectivity index (χ3n) is 3.05. The van der Waals surface area contributed by atoms with Gasteiger partial charge in [0.05, 0.1) is 11.4 Å². The molecular formula is C17H19NOS. The molecule has 104 valence electrons. The lowest BCUT2D eigenvalue weighted by molar-refractivity contribution is 0.350. The molecule has 2 aromatic rings. The Bertz CT molecular complexity index is 621. The molecule has 0 spiro atoms. The predicted octanol–water partition coefficient (Wildman–Crippen LogP) is 3.43. The van der Waals surface area contributed by atoms with Crippen molar-refractivity contribution in [3.63, 3.8) is 0 Å². The average Bonchev–Trinajstić information content (AvgIpc) is 2.90. The van der Waals surface area contributed by atoms with E-state index in [-0.39, 0.29) is 6.61 Å². The van der Waals surface area contributed by atoms with E-state index in [4.69, 9.17) is 5.11 Å². The quantitative estimate of drug-likeness (QED) is 0.870. The first kappa shape index (κ1) is 14.6. The van der Waals surface area contributed by atoms with Gasteiger partial charge < -0.3 is 10.0 Å². The van der Waals surface area contributed by atoms with Crippen molar-refractivity contribution < 1.29 is 5.11 Å². The SMILES string of the molecule is CCN(Cc1ccc(C#CCO)s1)c1cccc(C)c1. The number of hydrogen-bond acceptors (Lipinski definition) is 3. The molecule has 0 bridgehead atoms. The lowest BCUT2D eigenvalue weighted by Gasteiger charge is -2.22. The van der Waals surface area contributed by atoms with Crippen molar-refractivity contribution in [1.82, 2.24) is 0 Å². The van der Waals surface area contributed by atoms with Crippen molar-refractivity contribution in [2.24, 2.45) is 0 Å². The molecule has 0 unspecified atom stereocenters. The molecule has 0 aliphatic heterocycles. The fourth-order valence-corrected chi connectivity index (χ4v) is 2.95. The summed E-state index contributed by atoms with van der Waals surface area (Å²) < 4.78 is 0. The van der Waals surface area contributed by atoms with Gasteiger partial charge in [0, 0.05) is 17.1 Å². The number of aliphatic hydroxyl groups excluding tert-OH is 1. The zero-order valence-electron chi connectivity index (χ0n) is 11.9. The molecule has 2 rings (SSSR count). The number of aryl methyl sites for hydroxylation is 1. The molecular weight excluding hydrogens is 266 g/mol.